The van der Waals surface area contributed by atoms with Crippen LogP contribution in [0.5, 0.6) is 0 Å². The second-order valence-corrected chi connectivity index (χ2v) is 7.82. The molecule has 88 valence electrons. The molecule has 0 saturated heterocycles. The Morgan fingerprint density at radius 2 is 1.00 bits per heavy atom. The largest absolute Gasteiger partial charge is 0.0900 e. The highest BCUT2D eigenvalue weighted by Gasteiger charge is 2.03. The van der Waals surface area contributed by atoms with Gasteiger partial charge in [0.25, 0.3) is 0 Å². The van der Waals surface area contributed by atoms with Crippen LogP contribution in [0, 0.1) is 0 Å². The van der Waals surface area contributed by atoms with Gasteiger partial charge in [-0.2, -0.15) is 0 Å². The van der Waals surface area contributed by atoms with E-state index in [-0.39, 0.29) is 0 Å². The molecule has 0 fully saturated rings. The zero-order chi connectivity index (χ0) is 12.4. The third-order valence-electron chi connectivity index (χ3n) is 2.02. The number of hydrogen-bond acceptors (Lipinski definition) is 1. The molecule has 0 saturated carbocycles. The molecule has 0 aliphatic heterocycles. The smallest absolute Gasteiger partial charge is 0.0328 e. The summed E-state index contributed by atoms with van der Waals surface area (Å²) in [6.07, 6.45) is 0. The Balaban J connectivity index is 2.25. The van der Waals surface area contributed by atoms with Crippen LogP contribution < -0.4 is 0 Å². The lowest BCUT2D eigenvalue weighted by atomic mass is 10.4. The molecule has 0 nitrogen and oxygen atoms in total. The number of rotatable bonds is 2. The monoisotopic (exact) mass is 498 g/mol. The van der Waals surface area contributed by atoms with Gasteiger partial charge in [0.2, 0.25) is 0 Å². The maximum absolute atomic E-state index is 3.51. The Morgan fingerprint density at radius 3 is 1.35 bits per heavy atom. The van der Waals surface area contributed by atoms with Crippen LogP contribution in [0.15, 0.2) is 64.1 Å². The van der Waals surface area contributed by atoms with Crippen molar-refractivity contribution in [2.75, 3.05) is 0 Å². The maximum Gasteiger partial charge on any atom is 0.0328 e. The van der Waals surface area contributed by atoms with Crippen molar-refractivity contribution in [3.63, 3.8) is 0 Å². The Hall–Kier alpha value is 0.710. The SMILES string of the molecule is Brc1ccc(Sc2ccc(Br)c(Br)c2)cc1Br. The summed E-state index contributed by atoms with van der Waals surface area (Å²) in [7, 11) is 0. The van der Waals surface area contributed by atoms with E-state index in [9.17, 15) is 0 Å². The fraction of sp³-hybridized carbons (Fsp3) is 0. The predicted molar refractivity (Wildman–Crippen MR) is 87.8 cm³/mol. The molecule has 2 aromatic rings. The first-order chi connectivity index (χ1) is 8.06. The van der Waals surface area contributed by atoms with Gasteiger partial charge >= 0.3 is 0 Å². The first-order valence-electron chi connectivity index (χ1n) is 4.64. The molecule has 0 aliphatic carbocycles. The van der Waals surface area contributed by atoms with Gasteiger partial charge in [0.15, 0.2) is 0 Å². The van der Waals surface area contributed by atoms with Gasteiger partial charge < -0.3 is 0 Å². The fourth-order valence-corrected chi connectivity index (χ4v) is 3.67. The van der Waals surface area contributed by atoms with Gasteiger partial charge in [-0.15, -0.1) is 0 Å². The molecule has 0 aliphatic rings. The van der Waals surface area contributed by atoms with Gasteiger partial charge in [0, 0.05) is 27.7 Å². The molecule has 0 radical (unpaired) electrons. The minimum Gasteiger partial charge on any atom is -0.0900 e. The molecule has 0 N–H and O–H groups in total. The minimum atomic E-state index is 1.07. The van der Waals surface area contributed by atoms with E-state index in [4.69, 9.17) is 0 Å². The third kappa shape index (κ3) is 3.83. The zero-order valence-electron chi connectivity index (χ0n) is 8.38. The summed E-state index contributed by atoms with van der Waals surface area (Å²) in [4.78, 5) is 2.41. The van der Waals surface area contributed by atoms with Gasteiger partial charge in [-0.25, -0.2) is 0 Å². The van der Waals surface area contributed by atoms with E-state index in [1.54, 1.807) is 11.8 Å². The van der Waals surface area contributed by atoms with Crippen LogP contribution in [0.2, 0.25) is 0 Å². The van der Waals surface area contributed by atoms with Crippen LogP contribution in [0.3, 0.4) is 0 Å². The molecule has 0 spiro atoms. The van der Waals surface area contributed by atoms with Crippen LogP contribution in [0.4, 0.5) is 0 Å². The van der Waals surface area contributed by atoms with E-state index in [0.29, 0.717) is 0 Å². The van der Waals surface area contributed by atoms with Crippen LogP contribution in [-0.4, -0.2) is 0 Å². The molecule has 5 heteroatoms. The van der Waals surface area contributed by atoms with E-state index < -0.39 is 0 Å². The zero-order valence-corrected chi connectivity index (χ0v) is 15.5. The summed E-state index contributed by atoms with van der Waals surface area (Å²) in [6.45, 7) is 0. The molecule has 17 heavy (non-hydrogen) atoms. The highest BCUT2D eigenvalue weighted by Crippen LogP contribution is 2.35. The van der Waals surface area contributed by atoms with Gasteiger partial charge in [-0.1, -0.05) is 11.8 Å². The molecule has 0 atom stereocenters. The summed E-state index contributed by atoms with van der Waals surface area (Å²) in [5.74, 6) is 0. The van der Waals surface area contributed by atoms with E-state index in [1.807, 2.05) is 12.1 Å². The molecule has 0 amide bonds. The third-order valence-corrected chi connectivity index (χ3v) is 6.76. The summed E-state index contributed by atoms with van der Waals surface area (Å²) in [5.41, 5.74) is 0. The molecule has 2 rings (SSSR count). The number of benzene rings is 2. The number of halogens is 4. The Kier molecular flexibility index (Phi) is 5.18. The second kappa shape index (κ2) is 6.24. The summed E-state index contributed by atoms with van der Waals surface area (Å²) >= 11 is 15.7. The standard InChI is InChI=1S/C12H6Br4S/c13-9-3-1-7(5-11(9)15)17-8-2-4-10(14)12(16)6-8/h1-6H. The van der Waals surface area contributed by atoms with E-state index >= 15 is 0 Å². The quantitative estimate of drug-likeness (QED) is 0.432. The van der Waals surface area contributed by atoms with Crippen molar-refractivity contribution in [1.29, 1.82) is 0 Å². The topological polar surface area (TPSA) is 0 Å². The van der Waals surface area contributed by atoms with E-state index in [2.05, 4.69) is 88.0 Å². The lowest BCUT2D eigenvalue weighted by Crippen LogP contribution is -1.77. The molecule has 0 unspecified atom stereocenters. The van der Waals surface area contributed by atoms with Gasteiger partial charge in [-0.05, 0) is 100 Å². The summed E-state index contributed by atoms with van der Waals surface area (Å²) in [5, 5.41) is 0. The molecule has 0 bridgehead atoms. The first kappa shape index (κ1) is 14.1. The molecular weight excluding hydrogens is 496 g/mol. The van der Waals surface area contributed by atoms with Crippen molar-refractivity contribution in [2.24, 2.45) is 0 Å². The second-order valence-electron chi connectivity index (χ2n) is 3.25. The van der Waals surface area contributed by atoms with Crippen molar-refractivity contribution in [3.05, 3.63) is 54.3 Å². The molecule has 0 heterocycles. The molecular formula is C12H6Br4S. The highest BCUT2D eigenvalue weighted by atomic mass is 79.9. The minimum absolute atomic E-state index is 1.07. The van der Waals surface area contributed by atoms with Crippen LogP contribution in [0.1, 0.15) is 0 Å². The van der Waals surface area contributed by atoms with E-state index in [0.717, 1.165) is 17.9 Å². The molecule has 2 aromatic carbocycles. The van der Waals surface area contributed by atoms with Crippen molar-refractivity contribution in [3.8, 4) is 0 Å². The van der Waals surface area contributed by atoms with Crippen LogP contribution in [-0.2, 0) is 0 Å². The van der Waals surface area contributed by atoms with E-state index in [1.165, 1.54) is 9.79 Å². The summed E-state index contributed by atoms with van der Waals surface area (Å²) in [6, 6.07) is 12.5. The lowest BCUT2D eigenvalue weighted by Gasteiger charge is -2.05. The van der Waals surface area contributed by atoms with Gasteiger partial charge in [0.05, 0.1) is 0 Å². The first-order valence-corrected chi connectivity index (χ1v) is 8.63. The van der Waals surface area contributed by atoms with Crippen molar-refractivity contribution in [2.45, 2.75) is 9.79 Å². The highest BCUT2D eigenvalue weighted by molar-refractivity contribution is 9.13. The Labute approximate surface area is 138 Å². The summed E-state index contributed by atoms with van der Waals surface area (Å²) < 4.78 is 4.27. The van der Waals surface area contributed by atoms with Crippen LogP contribution >= 0.6 is 75.5 Å². The average Bonchev–Trinajstić information content (AvgIpc) is 2.29. The maximum atomic E-state index is 3.51. The average molecular weight is 502 g/mol. The van der Waals surface area contributed by atoms with Crippen molar-refractivity contribution in [1.82, 2.24) is 0 Å². The van der Waals surface area contributed by atoms with Crippen molar-refractivity contribution >= 4 is 75.5 Å². The fourth-order valence-electron chi connectivity index (χ4n) is 1.22. The number of hydrogen-bond donors (Lipinski definition) is 0. The Morgan fingerprint density at radius 1 is 0.588 bits per heavy atom. The molecule has 0 aromatic heterocycles. The normalized spacial score (nSPS) is 10.6. The van der Waals surface area contributed by atoms with Crippen LogP contribution in [0.25, 0.3) is 0 Å². The van der Waals surface area contributed by atoms with Crippen molar-refractivity contribution < 1.29 is 0 Å². The van der Waals surface area contributed by atoms with Gasteiger partial charge in [-0.3, -0.25) is 0 Å². The Bertz CT molecular complexity index is 505. The lowest BCUT2D eigenvalue weighted by molar-refractivity contribution is 1.36. The predicted octanol–water partition coefficient (Wildman–Crippen LogP) is 6.89. The van der Waals surface area contributed by atoms with Gasteiger partial charge in [0.1, 0.15) is 0 Å².